The molecule has 6 heteroatoms. The van der Waals surface area contributed by atoms with Crippen molar-refractivity contribution in [1.82, 2.24) is 4.48 Å². The Morgan fingerprint density at radius 2 is 1.95 bits per heavy atom. The van der Waals surface area contributed by atoms with E-state index in [0.717, 1.165) is 18.7 Å². The number of hydrogen-bond donors (Lipinski definition) is 0. The maximum Gasteiger partial charge on any atom is 1.00 e. The molecule has 0 bridgehead atoms. The van der Waals surface area contributed by atoms with Gasteiger partial charge >= 0.3 is 29.6 Å². The zero-order chi connectivity index (χ0) is 13.9. The molecule has 0 radical (unpaired) electrons. The fraction of sp³-hybridized carbons (Fsp3) is 0.571. The van der Waals surface area contributed by atoms with Gasteiger partial charge in [-0.2, -0.15) is 0 Å². The summed E-state index contributed by atoms with van der Waals surface area (Å²) in [5.41, 5.74) is 2.14. The van der Waals surface area contributed by atoms with Crippen LogP contribution in [0.3, 0.4) is 0 Å². The second-order valence-electron chi connectivity index (χ2n) is 6.41. The fourth-order valence-corrected chi connectivity index (χ4v) is 5.34. The van der Waals surface area contributed by atoms with Gasteiger partial charge in [-0.15, -0.1) is 0 Å². The first kappa shape index (κ1) is 16.5. The van der Waals surface area contributed by atoms with Crippen LogP contribution in [-0.4, -0.2) is 31.4 Å². The van der Waals surface area contributed by atoms with Crippen LogP contribution in [0.4, 0.5) is 5.69 Å². The Morgan fingerprint density at radius 1 is 1.30 bits per heavy atom. The van der Waals surface area contributed by atoms with Crippen molar-refractivity contribution in [3.05, 3.63) is 29.8 Å². The molecule has 0 aromatic heterocycles. The minimum absolute atomic E-state index is 0. The summed E-state index contributed by atoms with van der Waals surface area (Å²) in [6.07, 6.45) is 1.28. The molecule has 4 nitrogen and oxygen atoms in total. The van der Waals surface area contributed by atoms with Crippen LogP contribution in [0.25, 0.3) is 0 Å². The summed E-state index contributed by atoms with van der Waals surface area (Å²) in [5.74, 6) is 0. The summed E-state index contributed by atoms with van der Waals surface area (Å²) in [4.78, 5) is 0. The third-order valence-electron chi connectivity index (χ3n) is 4.68. The third-order valence-corrected chi connectivity index (χ3v) is 5.99. The summed E-state index contributed by atoms with van der Waals surface area (Å²) >= 11 is 0. The topological polar surface area (TPSA) is 57.2 Å². The van der Waals surface area contributed by atoms with Crippen molar-refractivity contribution in [2.24, 2.45) is 0 Å². The quantitative estimate of drug-likeness (QED) is 0.378. The molecule has 0 aliphatic carbocycles. The molecule has 1 aromatic carbocycles. The number of para-hydroxylation sites is 1. The van der Waals surface area contributed by atoms with Crippen LogP contribution in [0.1, 0.15) is 32.3 Å². The summed E-state index contributed by atoms with van der Waals surface area (Å²) < 4.78 is 35.3. The van der Waals surface area contributed by atoms with E-state index in [4.69, 9.17) is 0 Å². The van der Waals surface area contributed by atoms with E-state index in [9.17, 15) is 13.0 Å². The van der Waals surface area contributed by atoms with Gasteiger partial charge in [0, 0.05) is 23.8 Å². The van der Waals surface area contributed by atoms with Gasteiger partial charge in [-0.25, -0.2) is 8.42 Å². The Balaban J connectivity index is 0.00000147. The standard InChI is InChI=1S/C14H19NO3S.Na/c1-14(2)10-15(12-7-4-3-6-11(12)14)9-5-8-13(15)19(16,17)18;/h3-4,6-7,13H,5,8-10H2,1-2H3;/q;+1. The largest absolute Gasteiger partial charge is 1.00 e. The zero-order valence-corrected chi connectivity index (χ0v) is 15.1. The van der Waals surface area contributed by atoms with Gasteiger partial charge in [0.1, 0.15) is 15.8 Å². The van der Waals surface area contributed by atoms with E-state index in [-0.39, 0.29) is 35.0 Å². The van der Waals surface area contributed by atoms with E-state index >= 15 is 0 Å². The van der Waals surface area contributed by atoms with Gasteiger partial charge in [-0.05, 0) is 6.07 Å². The molecule has 1 fully saturated rings. The Morgan fingerprint density at radius 3 is 2.60 bits per heavy atom. The fourth-order valence-electron chi connectivity index (χ4n) is 4.10. The number of benzene rings is 1. The van der Waals surface area contributed by atoms with Crippen molar-refractivity contribution >= 4 is 15.8 Å². The first-order valence-electron chi connectivity index (χ1n) is 6.69. The summed E-state index contributed by atoms with van der Waals surface area (Å²) in [6.45, 7) is 5.72. The molecule has 3 rings (SSSR count). The molecule has 0 amide bonds. The molecular formula is C14H19NNaO3S+. The van der Waals surface area contributed by atoms with Crippen molar-refractivity contribution < 1.29 is 42.5 Å². The molecule has 104 valence electrons. The van der Waals surface area contributed by atoms with Crippen LogP contribution >= 0.6 is 0 Å². The van der Waals surface area contributed by atoms with Crippen LogP contribution in [0.2, 0.25) is 0 Å². The second-order valence-corrected chi connectivity index (χ2v) is 7.94. The van der Waals surface area contributed by atoms with Gasteiger partial charge in [0.25, 0.3) is 0 Å². The second kappa shape index (κ2) is 5.07. The Labute approximate surface area is 142 Å². The van der Waals surface area contributed by atoms with Crippen molar-refractivity contribution in [2.75, 3.05) is 13.1 Å². The van der Waals surface area contributed by atoms with Gasteiger partial charge in [0.15, 0.2) is 5.37 Å². The van der Waals surface area contributed by atoms with E-state index in [1.54, 1.807) is 0 Å². The van der Waals surface area contributed by atoms with E-state index in [0.29, 0.717) is 17.4 Å². The number of quaternary nitrogens is 1. The monoisotopic (exact) mass is 304 g/mol. The normalized spacial score (nSPS) is 31.1. The molecule has 1 aromatic rings. The molecular weight excluding hydrogens is 285 g/mol. The van der Waals surface area contributed by atoms with E-state index < -0.39 is 15.5 Å². The summed E-state index contributed by atoms with van der Waals surface area (Å²) in [6, 6.07) is 7.98. The molecule has 2 aliphatic heterocycles. The molecule has 0 saturated carbocycles. The number of rotatable bonds is 1. The Hall–Kier alpha value is 0.0900. The predicted molar refractivity (Wildman–Crippen MR) is 73.7 cm³/mol. The van der Waals surface area contributed by atoms with Crippen LogP contribution in [-0.2, 0) is 15.5 Å². The van der Waals surface area contributed by atoms with Crippen molar-refractivity contribution in [3.63, 3.8) is 0 Å². The SMILES string of the molecule is CC1(C)C[N+]2(CCCC2S(=O)(=O)[O-])c2ccccc21.[Na+]. The first-order chi connectivity index (χ1) is 8.77. The van der Waals surface area contributed by atoms with Crippen LogP contribution in [0, 0.1) is 0 Å². The smallest absolute Gasteiger partial charge is 0.743 e. The van der Waals surface area contributed by atoms with Crippen molar-refractivity contribution in [3.8, 4) is 0 Å². The van der Waals surface area contributed by atoms with Gasteiger partial charge in [-0.3, -0.25) is 4.48 Å². The van der Waals surface area contributed by atoms with E-state index in [2.05, 4.69) is 19.9 Å². The predicted octanol–water partition coefficient (Wildman–Crippen LogP) is -1.05. The van der Waals surface area contributed by atoms with Gasteiger partial charge < -0.3 is 4.55 Å². The molecule has 2 aliphatic rings. The van der Waals surface area contributed by atoms with Crippen molar-refractivity contribution in [1.29, 1.82) is 0 Å². The summed E-state index contributed by atoms with van der Waals surface area (Å²) in [5, 5.41) is -0.810. The minimum Gasteiger partial charge on any atom is -0.743 e. The van der Waals surface area contributed by atoms with E-state index in [1.165, 1.54) is 5.56 Å². The molecule has 0 N–H and O–H groups in total. The maximum absolute atomic E-state index is 11.6. The average Bonchev–Trinajstić information content (AvgIpc) is 2.81. The number of hydrogen-bond acceptors (Lipinski definition) is 3. The number of nitrogens with zero attached hydrogens (tertiary/aromatic N) is 1. The van der Waals surface area contributed by atoms with Gasteiger partial charge in [0.05, 0.1) is 13.1 Å². The Kier molecular flexibility index (Phi) is 4.18. The molecule has 20 heavy (non-hydrogen) atoms. The first-order valence-corrected chi connectivity index (χ1v) is 8.16. The maximum atomic E-state index is 11.6. The molecule has 2 heterocycles. The summed E-state index contributed by atoms with van der Waals surface area (Å²) in [7, 11) is -4.27. The van der Waals surface area contributed by atoms with E-state index in [1.807, 2.05) is 18.2 Å². The molecule has 2 unspecified atom stereocenters. The average molecular weight is 304 g/mol. The Bertz CT molecular complexity index is 629. The van der Waals surface area contributed by atoms with Crippen LogP contribution < -0.4 is 34.0 Å². The van der Waals surface area contributed by atoms with Gasteiger partial charge in [-0.1, -0.05) is 32.0 Å². The zero-order valence-electron chi connectivity index (χ0n) is 12.3. The van der Waals surface area contributed by atoms with Gasteiger partial charge in [0.2, 0.25) is 0 Å². The van der Waals surface area contributed by atoms with Crippen LogP contribution in [0.5, 0.6) is 0 Å². The molecule has 2 atom stereocenters. The number of fused-ring (bicyclic) bond motifs is 2. The molecule has 1 spiro atoms. The minimum atomic E-state index is -4.27. The van der Waals surface area contributed by atoms with Crippen molar-refractivity contribution in [2.45, 2.75) is 37.5 Å². The third kappa shape index (κ3) is 2.28. The van der Waals surface area contributed by atoms with Crippen LogP contribution in [0.15, 0.2) is 24.3 Å². The molecule has 1 saturated heterocycles.